The number of anilines is 1. The molecule has 0 aliphatic carbocycles. The summed E-state index contributed by atoms with van der Waals surface area (Å²) in [7, 11) is -2.83. The van der Waals surface area contributed by atoms with Crippen molar-refractivity contribution in [3.05, 3.63) is 94.2 Å². The molecule has 0 saturated heterocycles. The summed E-state index contributed by atoms with van der Waals surface area (Å²) in [6, 6.07) is 16.7. The lowest BCUT2D eigenvalue weighted by atomic mass is 10.1. The Hall–Kier alpha value is -3.14. The van der Waals surface area contributed by atoms with E-state index < -0.39 is 40.2 Å². The smallest absolute Gasteiger partial charge is 0.264 e. The van der Waals surface area contributed by atoms with Gasteiger partial charge in [-0.3, -0.25) is 13.9 Å². The molecule has 11 heteroatoms. The van der Waals surface area contributed by atoms with Crippen LogP contribution in [0.1, 0.15) is 12.5 Å². The molecule has 0 unspecified atom stereocenters. The molecule has 7 nitrogen and oxygen atoms in total. The zero-order valence-corrected chi connectivity index (χ0v) is 21.8. The molecule has 0 aliphatic rings. The van der Waals surface area contributed by atoms with Crippen LogP contribution in [-0.2, 0) is 26.2 Å². The Morgan fingerprint density at radius 2 is 1.61 bits per heavy atom. The van der Waals surface area contributed by atoms with Gasteiger partial charge in [0.05, 0.1) is 15.6 Å². The third-order valence-electron chi connectivity index (χ3n) is 5.51. The summed E-state index contributed by atoms with van der Waals surface area (Å²) in [6.07, 6.45) is 0. The summed E-state index contributed by atoms with van der Waals surface area (Å²) in [5, 5.41) is 2.58. The van der Waals surface area contributed by atoms with Crippen LogP contribution < -0.4 is 9.62 Å². The number of sulfonamides is 1. The fraction of sp³-hybridized carbons (Fsp3) is 0.200. The van der Waals surface area contributed by atoms with Crippen LogP contribution in [0.5, 0.6) is 0 Å². The Kier molecular flexibility index (Phi) is 8.94. The predicted octanol–water partition coefficient (Wildman–Crippen LogP) is 4.49. The minimum atomic E-state index is -4.27. The van der Waals surface area contributed by atoms with E-state index in [9.17, 15) is 22.4 Å². The molecule has 1 atom stereocenters. The first-order valence-corrected chi connectivity index (χ1v) is 13.0. The molecule has 0 bridgehead atoms. The SMILES string of the molecule is CNC(=O)[C@@H](C)N(Cc1ccccc1Cl)C(=O)CN(c1ccc(F)c(Cl)c1)S(=O)(=O)c1ccccc1. The molecule has 190 valence electrons. The van der Waals surface area contributed by atoms with Crippen molar-refractivity contribution in [3.63, 3.8) is 0 Å². The lowest BCUT2D eigenvalue weighted by Gasteiger charge is -2.32. The zero-order valence-electron chi connectivity index (χ0n) is 19.5. The minimum absolute atomic E-state index is 0.0103. The lowest BCUT2D eigenvalue weighted by molar-refractivity contribution is -0.139. The third-order valence-corrected chi connectivity index (χ3v) is 7.96. The topological polar surface area (TPSA) is 86.8 Å². The second kappa shape index (κ2) is 11.7. The maximum absolute atomic E-state index is 13.9. The van der Waals surface area contributed by atoms with Gasteiger partial charge in [-0.05, 0) is 48.9 Å². The van der Waals surface area contributed by atoms with Crippen LogP contribution in [0.3, 0.4) is 0 Å². The standard InChI is InChI=1S/C25H24Cl2FN3O4S/c1-17(25(33)29-2)30(15-18-8-6-7-11-21(18)26)24(32)16-31(19-12-13-23(28)22(27)14-19)36(34,35)20-9-4-3-5-10-20/h3-14,17H,15-16H2,1-2H3,(H,29,33)/t17-/m1/s1. The van der Waals surface area contributed by atoms with E-state index >= 15 is 0 Å². The van der Waals surface area contributed by atoms with E-state index in [-0.39, 0.29) is 22.2 Å². The fourth-order valence-corrected chi connectivity index (χ4v) is 5.29. The van der Waals surface area contributed by atoms with E-state index in [0.717, 1.165) is 16.4 Å². The van der Waals surface area contributed by atoms with Crippen LogP contribution in [0.4, 0.5) is 10.1 Å². The first kappa shape index (κ1) is 27.4. The quantitative estimate of drug-likeness (QED) is 0.424. The first-order valence-electron chi connectivity index (χ1n) is 10.8. The van der Waals surface area contributed by atoms with Gasteiger partial charge in [-0.2, -0.15) is 0 Å². The van der Waals surface area contributed by atoms with E-state index in [4.69, 9.17) is 23.2 Å². The molecule has 0 spiro atoms. The fourth-order valence-electron chi connectivity index (χ4n) is 3.49. The van der Waals surface area contributed by atoms with Crippen LogP contribution in [0, 0.1) is 5.82 Å². The third kappa shape index (κ3) is 6.16. The van der Waals surface area contributed by atoms with Gasteiger partial charge < -0.3 is 10.2 Å². The average molecular weight is 552 g/mol. The molecular formula is C25H24Cl2FN3O4S. The lowest BCUT2D eigenvalue weighted by Crippen LogP contribution is -2.50. The maximum atomic E-state index is 13.9. The van der Waals surface area contributed by atoms with Crippen molar-refractivity contribution < 1.29 is 22.4 Å². The number of nitrogens with one attached hydrogen (secondary N) is 1. The normalized spacial score (nSPS) is 12.0. The van der Waals surface area contributed by atoms with Crippen LogP contribution in [0.2, 0.25) is 10.0 Å². The van der Waals surface area contributed by atoms with Crippen molar-refractivity contribution in [2.24, 2.45) is 0 Å². The Morgan fingerprint density at radius 3 is 2.22 bits per heavy atom. The van der Waals surface area contributed by atoms with Gasteiger partial charge in [-0.15, -0.1) is 0 Å². The van der Waals surface area contributed by atoms with Gasteiger partial charge in [-0.25, -0.2) is 12.8 Å². The Labute approximate surface area is 219 Å². The predicted molar refractivity (Wildman–Crippen MR) is 138 cm³/mol. The van der Waals surface area contributed by atoms with Gasteiger partial charge in [0.15, 0.2) is 0 Å². The summed E-state index contributed by atoms with van der Waals surface area (Å²) in [6.45, 7) is 0.805. The van der Waals surface area contributed by atoms with Gasteiger partial charge in [-0.1, -0.05) is 59.6 Å². The minimum Gasteiger partial charge on any atom is -0.357 e. The summed E-state index contributed by atoms with van der Waals surface area (Å²) in [5.74, 6) is -1.86. The molecule has 3 aromatic rings. The van der Waals surface area contributed by atoms with E-state index in [0.29, 0.717) is 10.6 Å². The molecule has 3 rings (SSSR count). The number of hydrogen-bond donors (Lipinski definition) is 1. The number of amides is 2. The molecule has 0 saturated carbocycles. The molecule has 2 amide bonds. The van der Waals surface area contributed by atoms with Crippen molar-refractivity contribution in [2.75, 3.05) is 17.9 Å². The molecule has 1 N–H and O–H groups in total. The zero-order chi connectivity index (χ0) is 26.5. The highest BCUT2D eigenvalue weighted by Gasteiger charge is 2.32. The number of carbonyl (C=O) groups excluding carboxylic acids is 2. The Bertz CT molecular complexity index is 1360. The Balaban J connectivity index is 2.06. The maximum Gasteiger partial charge on any atom is 0.264 e. The molecule has 3 aromatic carbocycles. The number of carbonyl (C=O) groups is 2. The molecule has 0 radical (unpaired) electrons. The molecule has 0 aliphatic heterocycles. The Morgan fingerprint density at radius 1 is 0.972 bits per heavy atom. The highest BCUT2D eigenvalue weighted by molar-refractivity contribution is 7.92. The van der Waals surface area contributed by atoms with E-state index in [1.165, 1.54) is 37.1 Å². The van der Waals surface area contributed by atoms with E-state index in [1.807, 2.05) is 0 Å². The van der Waals surface area contributed by atoms with E-state index in [1.54, 1.807) is 42.5 Å². The highest BCUT2D eigenvalue weighted by atomic mass is 35.5. The summed E-state index contributed by atoms with van der Waals surface area (Å²) in [5.41, 5.74) is 0.564. The number of rotatable bonds is 9. The van der Waals surface area contributed by atoms with E-state index in [2.05, 4.69) is 5.32 Å². The van der Waals surface area contributed by atoms with Gasteiger partial charge in [0.2, 0.25) is 11.8 Å². The molecule has 0 fully saturated rings. The molecule has 36 heavy (non-hydrogen) atoms. The second-order valence-electron chi connectivity index (χ2n) is 7.83. The number of benzene rings is 3. The van der Waals surface area contributed by atoms with Crippen LogP contribution in [0.25, 0.3) is 0 Å². The van der Waals surface area contributed by atoms with Gasteiger partial charge in [0.25, 0.3) is 10.0 Å². The van der Waals surface area contributed by atoms with Gasteiger partial charge in [0, 0.05) is 18.6 Å². The van der Waals surface area contributed by atoms with Crippen molar-refractivity contribution in [2.45, 2.75) is 24.4 Å². The monoisotopic (exact) mass is 551 g/mol. The van der Waals surface area contributed by atoms with Crippen LogP contribution in [0.15, 0.2) is 77.7 Å². The number of nitrogens with zero attached hydrogens (tertiary/aromatic N) is 2. The molecule has 0 aromatic heterocycles. The van der Waals surface area contributed by atoms with Crippen molar-refractivity contribution in [1.29, 1.82) is 0 Å². The largest absolute Gasteiger partial charge is 0.357 e. The number of likely N-dealkylation sites (N-methyl/N-ethyl adjacent to an activating group) is 1. The first-order chi connectivity index (χ1) is 17.1. The summed E-state index contributed by atoms with van der Waals surface area (Å²) < 4.78 is 41.8. The van der Waals surface area contributed by atoms with Crippen LogP contribution in [-0.4, -0.2) is 44.8 Å². The second-order valence-corrected chi connectivity index (χ2v) is 10.5. The number of halogens is 3. The number of hydrogen-bond acceptors (Lipinski definition) is 4. The highest BCUT2D eigenvalue weighted by Crippen LogP contribution is 2.28. The molecule has 0 heterocycles. The molecular weight excluding hydrogens is 528 g/mol. The van der Waals surface area contributed by atoms with Crippen molar-refractivity contribution in [1.82, 2.24) is 10.2 Å². The summed E-state index contributed by atoms with van der Waals surface area (Å²) >= 11 is 12.2. The van der Waals surface area contributed by atoms with Gasteiger partial charge in [0.1, 0.15) is 18.4 Å². The van der Waals surface area contributed by atoms with Gasteiger partial charge >= 0.3 is 0 Å². The van der Waals surface area contributed by atoms with Crippen LogP contribution >= 0.6 is 23.2 Å². The average Bonchev–Trinajstić information content (AvgIpc) is 2.87. The summed E-state index contributed by atoms with van der Waals surface area (Å²) in [4.78, 5) is 27.2. The van der Waals surface area contributed by atoms with Crippen molar-refractivity contribution in [3.8, 4) is 0 Å². The van der Waals surface area contributed by atoms with Crippen molar-refractivity contribution >= 4 is 50.7 Å².